The molecule has 20 heavy (non-hydrogen) atoms. The third kappa shape index (κ3) is 6.48. The minimum Gasteiger partial charge on any atom is -0.351 e. The molecule has 0 aliphatic heterocycles. The number of carbonyl (C=O) groups excluding carboxylic acids is 1. The molecule has 1 amide bonds. The molecule has 0 bridgehead atoms. The number of rotatable bonds is 7. The molecule has 0 aromatic carbocycles. The van der Waals surface area contributed by atoms with Gasteiger partial charge in [-0.1, -0.05) is 13.8 Å². The molecule has 4 heteroatoms. The summed E-state index contributed by atoms with van der Waals surface area (Å²) < 4.78 is 0. The maximum absolute atomic E-state index is 11.8. The molecule has 0 aliphatic carbocycles. The monoisotopic (exact) mass is 275 g/mol. The molecule has 110 valence electrons. The minimum atomic E-state index is -0.0579. The Hall–Kier alpha value is -1.68. The molecular formula is C16H25N3O. The predicted molar refractivity (Wildman–Crippen MR) is 83.2 cm³/mol. The van der Waals surface area contributed by atoms with Gasteiger partial charge in [-0.2, -0.15) is 0 Å². The fraction of sp³-hybridized carbons (Fsp3) is 0.500. The molecule has 1 atom stereocenters. The Labute approximate surface area is 121 Å². The average Bonchev–Trinajstić information content (AvgIpc) is 2.41. The van der Waals surface area contributed by atoms with E-state index in [0.29, 0.717) is 18.5 Å². The van der Waals surface area contributed by atoms with Gasteiger partial charge in [-0.25, -0.2) is 0 Å². The third-order valence-corrected chi connectivity index (χ3v) is 3.12. The Bertz CT molecular complexity index is 427. The summed E-state index contributed by atoms with van der Waals surface area (Å²) in [4.78, 5) is 17.9. The van der Waals surface area contributed by atoms with Gasteiger partial charge in [-0.15, -0.1) is 0 Å². The lowest BCUT2D eigenvalue weighted by atomic mass is 10.0. The van der Waals surface area contributed by atoms with Gasteiger partial charge in [0, 0.05) is 31.1 Å². The SMILES string of the molecule is CC(C)CC(CNC(=O)/C=C/c1ccncc1)N(C)C. The van der Waals surface area contributed by atoms with Gasteiger partial charge in [0.15, 0.2) is 0 Å². The van der Waals surface area contributed by atoms with Crippen LogP contribution in [0.25, 0.3) is 6.08 Å². The number of likely N-dealkylation sites (N-methyl/N-ethyl adjacent to an activating group) is 1. The highest BCUT2D eigenvalue weighted by molar-refractivity contribution is 5.91. The Morgan fingerprint density at radius 2 is 2.00 bits per heavy atom. The number of pyridine rings is 1. The minimum absolute atomic E-state index is 0.0579. The van der Waals surface area contributed by atoms with Crippen LogP contribution in [0.1, 0.15) is 25.8 Å². The van der Waals surface area contributed by atoms with Gasteiger partial charge in [-0.05, 0) is 50.2 Å². The summed E-state index contributed by atoms with van der Waals surface area (Å²) in [5.41, 5.74) is 0.974. The van der Waals surface area contributed by atoms with Crippen LogP contribution in [0.2, 0.25) is 0 Å². The van der Waals surface area contributed by atoms with Crippen molar-refractivity contribution in [1.29, 1.82) is 0 Å². The molecule has 1 aromatic heterocycles. The first-order valence-electron chi connectivity index (χ1n) is 7.01. The van der Waals surface area contributed by atoms with Gasteiger partial charge in [-0.3, -0.25) is 9.78 Å². The first-order valence-corrected chi connectivity index (χ1v) is 7.01. The van der Waals surface area contributed by atoms with Crippen molar-refractivity contribution >= 4 is 12.0 Å². The van der Waals surface area contributed by atoms with Gasteiger partial charge < -0.3 is 10.2 Å². The normalized spacial score (nSPS) is 13.1. The lowest BCUT2D eigenvalue weighted by Gasteiger charge is -2.26. The van der Waals surface area contributed by atoms with E-state index in [0.717, 1.165) is 12.0 Å². The molecule has 0 saturated heterocycles. The molecule has 1 unspecified atom stereocenters. The fourth-order valence-electron chi connectivity index (χ4n) is 1.94. The molecule has 0 radical (unpaired) electrons. The van der Waals surface area contributed by atoms with E-state index >= 15 is 0 Å². The second kappa shape index (κ2) is 8.48. The van der Waals surface area contributed by atoms with Crippen molar-refractivity contribution in [3.8, 4) is 0 Å². The summed E-state index contributed by atoms with van der Waals surface area (Å²) in [6, 6.07) is 4.10. The molecule has 0 spiro atoms. The van der Waals surface area contributed by atoms with Crippen LogP contribution in [0, 0.1) is 5.92 Å². The van der Waals surface area contributed by atoms with Crippen molar-refractivity contribution in [2.24, 2.45) is 5.92 Å². The summed E-state index contributed by atoms with van der Waals surface area (Å²) >= 11 is 0. The Morgan fingerprint density at radius 1 is 1.35 bits per heavy atom. The van der Waals surface area contributed by atoms with E-state index < -0.39 is 0 Å². The van der Waals surface area contributed by atoms with Crippen LogP contribution in [0.15, 0.2) is 30.6 Å². The van der Waals surface area contributed by atoms with E-state index in [2.05, 4.69) is 29.0 Å². The molecule has 1 heterocycles. The molecular weight excluding hydrogens is 250 g/mol. The predicted octanol–water partition coefficient (Wildman–Crippen LogP) is 2.19. The van der Waals surface area contributed by atoms with E-state index in [1.165, 1.54) is 0 Å². The smallest absolute Gasteiger partial charge is 0.244 e. The van der Waals surface area contributed by atoms with Crippen molar-refractivity contribution in [1.82, 2.24) is 15.2 Å². The van der Waals surface area contributed by atoms with Crippen LogP contribution in [0.3, 0.4) is 0 Å². The number of hydrogen-bond donors (Lipinski definition) is 1. The Kier molecular flexibility index (Phi) is 6.94. The lowest BCUT2D eigenvalue weighted by Crippen LogP contribution is -2.40. The molecule has 1 rings (SSSR count). The number of hydrogen-bond acceptors (Lipinski definition) is 3. The van der Waals surface area contributed by atoms with E-state index in [1.807, 2.05) is 26.2 Å². The van der Waals surface area contributed by atoms with Crippen LogP contribution in [-0.4, -0.2) is 42.5 Å². The maximum Gasteiger partial charge on any atom is 0.244 e. The van der Waals surface area contributed by atoms with Crippen LogP contribution in [0.5, 0.6) is 0 Å². The molecule has 0 fully saturated rings. The van der Waals surface area contributed by atoms with Crippen LogP contribution < -0.4 is 5.32 Å². The van der Waals surface area contributed by atoms with Gasteiger partial charge in [0.05, 0.1) is 0 Å². The van der Waals surface area contributed by atoms with E-state index in [9.17, 15) is 4.79 Å². The van der Waals surface area contributed by atoms with Gasteiger partial charge in [0.1, 0.15) is 0 Å². The van der Waals surface area contributed by atoms with Crippen LogP contribution in [0.4, 0.5) is 0 Å². The number of carbonyl (C=O) groups is 1. The van der Waals surface area contributed by atoms with Crippen molar-refractivity contribution < 1.29 is 4.79 Å². The zero-order valence-corrected chi connectivity index (χ0v) is 12.8. The van der Waals surface area contributed by atoms with Gasteiger partial charge >= 0.3 is 0 Å². The van der Waals surface area contributed by atoms with Gasteiger partial charge in [0.25, 0.3) is 0 Å². The van der Waals surface area contributed by atoms with Crippen molar-refractivity contribution in [2.75, 3.05) is 20.6 Å². The second-order valence-corrected chi connectivity index (χ2v) is 5.61. The van der Waals surface area contributed by atoms with Crippen molar-refractivity contribution in [2.45, 2.75) is 26.3 Å². The van der Waals surface area contributed by atoms with E-state index in [1.54, 1.807) is 24.5 Å². The highest BCUT2D eigenvalue weighted by Crippen LogP contribution is 2.08. The van der Waals surface area contributed by atoms with Crippen molar-refractivity contribution in [3.63, 3.8) is 0 Å². The Balaban J connectivity index is 2.43. The molecule has 1 N–H and O–H groups in total. The Morgan fingerprint density at radius 3 is 2.55 bits per heavy atom. The zero-order chi connectivity index (χ0) is 15.0. The highest BCUT2D eigenvalue weighted by atomic mass is 16.1. The summed E-state index contributed by atoms with van der Waals surface area (Å²) in [6.07, 6.45) is 7.85. The summed E-state index contributed by atoms with van der Waals surface area (Å²) in [7, 11) is 4.10. The quantitative estimate of drug-likeness (QED) is 0.776. The molecule has 1 aromatic rings. The first kappa shape index (κ1) is 16.4. The van der Waals surface area contributed by atoms with Crippen LogP contribution >= 0.6 is 0 Å². The fourth-order valence-corrected chi connectivity index (χ4v) is 1.94. The second-order valence-electron chi connectivity index (χ2n) is 5.61. The number of nitrogens with zero attached hydrogens (tertiary/aromatic N) is 2. The van der Waals surface area contributed by atoms with E-state index in [-0.39, 0.29) is 5.91 Å². The topological polar surface area (TPSA) is 45.2 Å². The number of amides is 1. The largest absolute Gasteiger partial charge is 0.351 e. The lowest BCUT2D eigenvalue weighted by molar-refractivity contribution is -0.116. The van der Waals surface area contributed by atoms with E-state index in [4.69, 9.17) is 0 Å². The standard InChI is InChI=1S/C16H25N3O/c1-13(2)11-15(19(3)4)12-18-16(20)6-5-14-7-9-17-10-8-14/h5-10,13,15H,11-12H2,1-4H3,(H,18,20)/b6-5+. The maximum atomic E-state index is 11.8. The van der Waals surface area contributed by atoms with Gasteiger partial charge in [0.2, 0.25) is 5.91 Å². The first-order chi connectivity index (χ1) is 9.49. The molecule has 0 aliphatic rings. The number of nitrogens with one attached hydrogen (secondary N) is 1. The summed E-state index contributed by atoms with van der Waals surface area (Å²) in [5, 5.41) is 2.96. The third-order valence-electron chi connectivity index (χ3n) is 3.12. The number of aromatic nitrogens is 1. The van der Waals surface area contributed by atoms with Crippen molar-refractivity contribution in [3.05, 3.63) is 36.2 Å². The molecule has 0 saturated carbocycles. The molecule has 4 nitrogen and oxygen atoms in total. The van der Waals surface area contributed by atoms with Crippen LogP contribution in [-0.2, 0) is 4.79 Å². The summed E-state index contributed by atoms with van der Waals surface area (Å²) in [5.74, 6) is 0.559. The average molecular weight is 275 g/mol. The highest BCUT2D eigenvalue weighted by Gasteiger charge is 2.13. The summed E-state index contributed by atoms with van der Waals surface area (Å²) in [6.45, 7) is 5.06. The zero-order valence-electron chi connectivity index (χ0n) is 12.8.